The molecule has 8 heteroatoms. The van der Waals surface area contributed by atoms with Crippen LogP contribution in [0.25, 0.3) is 0 Å². The van der Waals surface area contributed by atoms with Crippen molar-refractivity contribution >= 4 is 21.4 Å². The van der Waals surface area contributed by atoms with Crippen molar-refractivity contribution < 1.29 is 22.6 Å². The molecule has 0 amide bonds. The number of thiophene rings is 1. The zero-order valence-electron chi connectivity index (χ0n) is 22.8. The molecule has 0 aliphatic carbocycles. The first kappa shape index (κ1) is 27.3. The summed E-state index contributed by atoms with van der Waals surface area (Å²) < 4.78 is 47.0. The first-order chi connectivity index (χ1) is 18.2. The van der Waals surface area contributed by atoms with E-state index in [-0.39, 0.29) is 16.9 Å². The smallest absolute Gasteiger partial charge is 0.247 e. The Balaban J connectivity index is 1.48. The van der Waals surface area contributed by atoms with Crippen LogP contribution in [0.5, 0.6) is 5.75 Å². The molecule has 1 aromatic heterocycles. The second kappa shape index (κ2) is 10.7. The fourth-order valence-electron chi connectivity index (χ4n) is 5.45. The van der Waals surface area contributed by atoms with E-state index >= 15 is 0 Å². The van der Waals surface area contributed by atoms with E-state index in [0.29, 0.717) is 32.1 Å². The van der Waals surface area contributed by atoms with Crippen LogP contribution in [0.15, 0.2) is 53.4 Å². The van der Waals surface area contributed by atoms with Gasteiger partial charge in [0.2, 0.25) is 15.8 Å². The molecule has 6 nitrogen and oxygen atoms in total. The van der Waals surface area contributed by atoms with Crippen LogP contribution in [0, 0.1) is 13.8 Å². The first-order valence-electron chi connectivity index (χ1n) is 13.4. The molecule has 0 saturated carbocycles. The van der Waals surface area contributed by atoms with E-state index < -0.39 is 15.8 Å². The first-order valence-corrected chi connectivity index (χ1v) is 15.7. The topological polar surface area (TPSA) is 65.1 Å². The van der Waals surface area contributed by atoms with Gasteiger partial charge in [0.15, 0.2) is 0 Å². The maximum absolute atomic E-state index is 13.7. The van der Waals surface area contributed by atoms with Crippen molar-refractivity contribution in [3.8, 4) is 5.75 Å². The van der Waals surface area contributed by atoms with Gasteiger partial charge in [-0.1, -0.05) is 44.2 Å². The molecule has 1 fully saturated rings. The van der Waals surface area contributed by atoms with Gasteiger partial charge < -0.3 is 14.2 Å². The maximum atomic E-state index is 13.7. The average molecular weight is 556 g/mol. The predicted molar refractivity (Wildman–Crippen MR) is 150 cm³/mol. The number of fused-ring (bicyclic) bond motifs is 1. The van der Waals surface area contributed by atoms with Gasteiger partial charge in [-0.3, -0.25) is 0 Å². The number of aryl methyl sites for hydroxylation is 2. The fourth-order valence-corrected chi connectivity index (χ4v) is 8.46. The summed E-state index contributed by atoms with van der Waals surface area (Å²) in [5, 5.41) is 0. The number of rotatable bonds is 7. The largest absolute Gasteiger partial charge is 0.488 e. The molecule has 0 bridgehead atoms. The zero-order valence-corrected chi connectivity index (χ0v) is 24.5. The van der Waals surface area contributed by atoms with Crippen molar-refractivity contribution in [3.05, 3.63) is 80.5 Å². The molecule has 2 aromatic carbocycles. The lowest BCUT2D eigenvalue weighted by atomic mass is 9.91. The van der Waals surface area contributed by atoms with Crippen molar-refractivity contribution in [3.63, 3.8) is 0 Å². The van der Waals surface area contributed by atoms with Gasteiger partial charge in [-0.05, 0) is 74.1 Å². The molecule has 2 atom stereocenters. The van der Waals surface area contributed by atoms with Crippen molar-refractivity contribution in [2.24, 2.45) is 0 Å². The Hall–Kier alpha value is -2.23. The normalized spacial score (nSPS) is 21.4. The summed E-state index contributed by atoms with van der Waals surface area (Å²) in [6.45, 7) is 12.2. The van der Waals surface area contributed by atoms with Crippen LogP contribution in [0.2, 0.25) is 0 Å². The molecule has 0 spiro atoms. The van der Waals surface area contributed by atoms with Crippen LogP contribution in [0.1, 0.15) is 71.5 Å². The summed E-state index contributed by atoms with van der Waals surface area (Å²) in [4.78, 5) is 2.63. The third kappa shape index (κ3) is 5.05. The zero-order chi connectivity index (χ0) is 27.1. The van der Waals surface area contributed by atoms with Crippen molar-refractivity contribution in [2.45, 2.75) is 76.7 Å². The van der Waals surface area contributed by atoms with Gasteiger partial charge in [-0.15, -0.1) is 11.3 Å². The Morgan fingerprint density at radius 2 is 1.79 bits per heavy atom. The Morgan fingerprint density at radius 3 is 2.50 bits per heavy atom. The molecule has 2 aliphatic rings. The second-order valence-corrected chi connectivity index (χ2v) is 13.3. The summed E-state index contributed by atoms with van der Waals surface area (Å²) in [6.07, 6.45) is 1.46. The van der Waals surface area contributed by atoms with Gasteiger partial charge >= 0.3 is 0 Å². The van der Waals surface area contributed by atoms with Crippen LogP contribution in [0.3, 0.4) is 0 Å². The number of hydrogen-bond donors (Lipinski definition) is 0. The minimum absolute atomic E-state index is 0.199. The molecule has 1 unspecified atom stereocenters. The molecule has 3 aromatic rings. The number of nitrogens with zero attached hydrogens (tertiary/aromatic N) is 1. The van der Waals surface area contributed by atoms with E-state index in [1.165, 1.54) is 16.0 Å². The van der Waals surface area contributed by atoms with Crippen LogP contribution >= 0.6 is 11.3 Å². The Labute approximate surface area is 230 Å². The second-order valence-electron chi connectivity index (χ2n) is 10.3. The Morgan fingerprint density at radius 1 is 1.05 bits per heavy atom. The molecule has 1 saturated heterocycles. The SMILES string of the molecule is CCC(c1ccc(C)c(CN2C[C@@H](CC)Oc3ccccc3S2(=O)=O)c1)c1cc(C)c(C2(C)OCCO2)s1. The van der Waals surface area contributed by atoms with Crippen molar-refractivity contribution in [1.82, 2.24) is 4.31 Å². The van der Waals surface area contributed by atoms with E-state index in [9.17, 15) is 8.42 Å². The number of para-hydroxylation sites is 1. The number of sulfonamides is 1. The molecule has 38 heavy (non-hydrogen) atoms. The lowest BCUT2D eigenvalue weighted by molar-refractivity contribution is -0.147. The summed E-state index contributed by atoms with van der Waals surface area (Å²) in [5.41, 5.74) is 4.46. The van der Waals surface area contributed by atoms with E-state index in [1.54, 1.807) is 33.8 Å². The van der Waals surface area contributed by atoms with Gasteiger partial charge in [-0.2, -0.15) is 4.31 Å². The van der Waals surface area contributed by atoms with Gasteiger partial charge in [0.1, 0.15) is 16.7 Å². The minimum Gasteiger partial charge on any atom is -0.488 e. The quantitative estimate of drug-likeness (QED) is 0.334. The summed E-state index contributed by atoms with van der Waals surface area (Å²) in [5.74, 6) is -0.0462. The highest BCUT2D eigenvalue weighted by molar-refractivity contribution is 7.89. The van der Waals surface area contributed by atoms with E-state index in [4.69, 9.17) is 14.2 Å². The Bertz CT molecular complexity index is 1410. The number of hydrogen-bond acceptors (Lipinski definition) is 6. The number of ether oxygens (including phenoxy) is 3. The third-order valence-corrected chi connectivity index (χ3v) is 11.1. The fraction of sp³-hybridized carbons (Fsp3) is 0.467. The monoisotopic (exact) mass is 555 g/mol. The van der Waals surface area contributed by atoms with Crippen LogP contribution < -0.4 is 4.74 Å². The van der Waals surface area contributed by atoms with Crippen LogP contribution in [-0.2, 0) is 31.8 Å². The molecule has 5 rings (SSSR count). The maximum Gasteiger partial charge on any atom is 0.247 e. The molecule has 0 radical (unpaired) electrons. The van der Waals surface area contributed by atoms with E-state index in [0.717, 1.165) is 28.8 Å². The molecular formula is C30H37NO5S2. The third-order valence-electron chi connectivity index (χ3n) is 7.68. The standard InChI is InChI=1S/C30H37NO5S2/c1-6-24-19-31(38(32,33)28-11-9-8-10-26(28)36-24)18-23-17-22(13-12-20(23)3)25(7-2)27-16-21(4)29(37-27)30(5)34-14-15-35-30/h8-13,16-17,24-25H,6-7,14-15,18-19H2,1-5H3/t24-,25?/m1/s1. The van der Waals surface area contributed by atoms with Crippen molar-refractivity contribution in [2.75, 3.05) is 19.8 Å². The Kier molecular flexibility index (Phi) is 7.73. The molecule has 2 aliphatic heterocycles. The van der Waals surface area contributed by atoms with E-state index in [2.05, 4.69) is 45.0 Å². The minimum atomic E-state index is -3.70. The van der Waals surface area contributed by atoms with Gasteiger partial charge in [0, 0.05) is 17.3 Å². The summed E-state index contributed by atoms with van der Waals surface area (Å²) >= 11 is 1.75. The highest BCUT2D eigenvalue weighted by atomic mass is 32.2. The van der Waals surface area contributed by atoms with E-state index in [1.807, 2.05) is 19.9 Å². The van der Waals surface area contributed by atoms with Crippen LogP contribution in [-0.4, -0.2) is 38.6 Å². The van der Waals surface area contributed by atoms with Gasteiger partial charge in [0.25, 0.3) is 0 Å². The highest BCUT2D eigenvalue weighted by Gasteiger charge is 2.37. The molecule has 3 heterocycles. The molecule has 0 N–H and O–H groups in total. The average Bonchev–Trinajstić information content (AvgIpc) is 3.49. The lowest BCUT2D eigenvalue weighted by Gasteiger charge is -2.24. The predicted octanol–water partition coefficient (Wildman–Crippen LogP) is 6.49. The highest BCUT2D eigenvalue weighted by Crippen LogP contribution is 2.43. The number of benzene rings is 2. The summed E-state index contributed by atoms with van der Waals surface area (Å²) in [6, 6.07) is 15.7. The molecule has 204 valence electrons. The van der Waals surface area contributed by atoms with Crippen LogP contribution in [0.4, 0.5) is 0 Å². The van der Waals surface area contributed by atoms with Gasteiger partial charge in [-0.25, -0.2) is 8.42 Å². The lowest BCUT2D eigenvalue weighted by Crippen LogP contribution is -2.36. The molecular weight excluding hydrogens is 518 g/mol. The van der Waals surface area contributed by atoms with Gasteiger partial charge in [0.05, 0.1) is 24.6 Å². The van der Waals surface area contributed by atoms with Crippen molar-refractivity contribution in [1.29, 1.82) is 0 Å². The summed E-state index contributed by atoms with van der Waals surface area (Å²) in [7, 11) is -3.70.